The van der Waals surface area contributed by atoms with Crippen LogP contribution in [0.3, 0.4) is 0 Å². The van der Waals surface area contributed by atoms with E-state index in [0.29, 0.717) is 22.3 Å². The van der Waals surface area contributed by atoms with Gasteiger partial charge in [-0.3, -0.25) is 0 Å². The molecule has 5 heteroatoms. The van der Waals surface area contributed by atoms with Gasteiger partial charge < -0.3 is 25.5 Å². The van der Waals surface area contributed by atoms with Crippen molar-refractivity contribution < 1.29 is 25.5 Å². The number of phenols is 5. The molecule has 0 radical (unpaired) electrons. The summed E-state index contributed by atoms with van der Waals surface area (Å²) in [5.74, 6) is 0.186. The summed E-state index contributed by atoms with van der Waals surface area (Å²) in [6.45, 7) is 7.35. The van der Waals surface area contributed by atoms with E-state index < -0.39 is 5.92 Å². The highest BCUT2D eigenvalue weighted by Gasteiger charge is 2.26. The molecule has 0 aliphatic heterocycles. The Kier molecular flexibility index (Phi) is 6.90. The zero-order chi connectivity index (χ0) is 28.7. The lowest BCUT2D eigenvalue weighted by Crippen LogP contribution is -2.06. The minimum atomic E-state index is -0.575. The maximum absolute atomic E-state index is 11.4. The van der Waals surface area contributed by atoms with Crippen molar-refractivity contribution in [1.82, 2.24) is 0 Å². The van der Waals surface area contributed by atoms with Crippen LogP contribution < -0.4 is 0 Å². The monoisotopic (exact) mass is 532 g/mol. The van der Waals surface area contributed by atoms with E-state index in [1.807, 2.05) is 76.2 Å². The first-order chi connectivity index (χ1) is 19.0. The van der Waals surface area contributed by atoms with Crippen molar-refractivity contribution in [3.63, 3.8) is 0 Å². The second-order valence-corrected chi connectivity index (χ2v) is 10.5. The van der Waals surface area contributed by atoms with Gasteiger partial charge in [0.15, 0.2) is 0 Å². The third-order valence-corrected chi connectivity index (χ3v) is 7.57. The van der Waals surface area contributed by atoms with E-state index in [1.165, 1.54) is 0 Å². The highest BCUT2D eigenvalue weighted by Crippen LogP contribution is 2.46. The summed E-state index contributed by atoms with van der Waals surface area (Å²) in [5.41, 5.74) is 8.29. The molecule has 0 saturated carbocycles. The second kappa shape index (κ2) is 10.3. The van der Waals surface area contributed by atoms with Gasteiger partial charge in [-0.15, -0.1) is 0 Å². The maximum Gasteiger partial charge on any atom is 0.122 e. The van der Waals surface area contributed by atoms with Crippen molar-refractivity contribution in [3.05, 3.63) is 124 Å². The molecule has 0 aliphatic rings. The van der Waals surface area contributed by atoms with E-state index in [1.54, 1.807) is 36.4 Å². The summed E-state index contributed by atoms with van der Waals surface area (Å²) in [6.07, 6.45) is 0. The van der Waals surface area contributed by atoms with Gasteiger partial charge in [0.25, 0.3) is 0 Å². The van der Waals surface area contributed by atoms with Crippen molar-refractivity contribution in [1.29, 1.82) is 0 Å². The van der Waals surface area contributed by atoms with Crippen molar-refractivity contribution in [2.45, 2.75) is 33.6 Å². The third-order valence-electron chi connectivity index (χ3n) is 7.57. The van der Waals surface area contributed by atoms with Gasteiger partial charge in [0.2, 0.25) is 0 Å². The molecule has 40 heavy (non-hydrogen) atoms. The minimum absolute atomic E-state index is 0.111. The normalized spacial score (nSPS) is 11.2. The molecular weight excluding hydrogens is 500 g/mol. The van der Waals surface area contributed by atoms with Crippen molar-refractivity contribution in [2.75, 3.05) is 0 Å². The molecule has 0 saturated heterocycles. The van der Waals surface area contributed by atoms with Gasteiger partial charge in [-0.25, -0.2) is 0 Å². The van der Waals surface area contributed by atoms with E-state index in [0.717, 1.165) is 38.9 Å². The lowest BCUT2D eigenvalue weighted by molar-refractivity contribution is 0.454. The van der Waals surface area contributed by atoms with Crippen molar-refractivity contribution in [2.24, 2.45) is 0 Å². The molecule has 0 unspecified atom stereocenters. The Morgan fingerprint density at radius 2 is 0.825 bits per heavy atom. The molecule has 0 aliphatic carbocycles. The summed E-state index contributed by atoms with van der Waals surface area (Å²) >= 11 is 0. The lowest BCUT2D eigenvalue weighted by Gasteiger charge is -2.24. The molecule has 5 nitrogen and oxygen atoms in total. The molecule has 202 valence electrons. The zero-order valence-corrected chi connectivity index (χ0v) is 22.9. The topological polar surface area (TPSA) is 101 Å². The molecule has 0 amide bonds. The number of rotatable bonds is 5. The first kappa shape index (κ1) is 26.7. The zero-order valence-electron chi connectivity index (χ0n) is 22.9. The second-order valence-electron chi connectivity index (χ2n) is 10.5. The van der Waals surface area contributed by atoms with Crippen LogP contribution in [0.2, 0.25) is 0 Å². The van der Waals surface area contributed by atoms with Crippen LogP contribution in [-0.2, 0) is 0 Å². The molecule has 5 rings (SSSR count). The van der Waals surface area contributed by atoms with Crippen LogP contribution in [0.5, 0.6) is 28.7 Å². The Bertz CT molecular complexity index is 1630. The third kappa shape index (κ3) is 4.94. The Balaban J connectivity index is 1.78. The average Bonchev–Trinajstić information content (AvgIpc) is 2.93. The first-order valence-electron chi connectivity index (χ1n) is 13.1. The molecule has 0 heterocycles. The summed E-state index contributed by atoms with van der Waals surface area (Å²) in [6, 6.07) is 25.2. The molecular formula is C35H32O5. The largest absolute Gasteiger partial charge is 0.508 e. The Morgan fingerprint density at radius 1 is 0.425 bits per heavy atom. The molecule has 5 N–H and O–H groups in total. The number of aromatic hydroxyl groups is 5. The van der Waals surface area contributed by atoms with Gasteiger partial charge in [-0.2, -0.15) is 0 Å². The number of hydrogen-bond donors (Lipinski definition) is 5. The van der Waals surface area contributed by atoms with Crippen LogP contribution in [0.15, 0.2) is 84.9 Å². The Hall–Kier alpha value is -4.90. The van der Waals surface area contributed by atoms with Crippen molar-refractivity contribution in [3.8, 4) is 51.0 Å². The quantitative estimate of drug-likeness (QED) is 0.148. The minimum Gasteiger partial charge on any atom is -0.508 e. The fourth-order valence-corrected chi connectivity index (χ4v) is 5.25. The SMILES string of the molecule is Cc1cc(-c2cc(C)c(O)c(C(c3ccc(O)cc3)c3cc(-c4ccc(O)c(C)c4)cc(C)c3O)c2)ccc1O. The molecule has 0 fully saturated rings. The molecule has 0 spiro atoms. The Labute approximate surface area is 233 Å². The molecule has 0 bridgehead atoms. The molecule has 0 aromatic heterocycles. The van der Waals surface area contributed by atoms with E-state index in [9.17, 15) is 25.5 Å². The van der Waals surface area contributed by atoms with Gasteiger partial charge in [-0.05, 0) is 138 Å². The van der Waals surface area contributed by atoms with E-state index >= 15 is 0 Å². The predicted molar refractivity (Wildman–Crippen MR) is 158 cm³/mol. The van der Waals surface area contributed by atoms with E-state index in [2.05, 4.69) is 0 Å². The standard InChI is InChI=1S/C35H32O5/c1-19-13-24(7-11-31(19)37)26-15-21(3)34(39)29(17-26)33(23-5-9-28(36)10-6-23)30-18-27(16-22(4)35(30)40)25-8-12-32(38)20(2)14-25/h5-18,33,36-40H,1-4H3. The van der Waals surface area contributed by atoms with Gasteiger partial charge >= 0.3 is 0 Å². The smallest absolute Gasteiger partial charge is 0.122 e. The van der Waals surface area contributed by atoms with E-state index in [-0.39, 0.29) is 28.7 Å². The average molecular weight is 533 g/mol. The molecule has 5 aromatic rings. The highest BCUT2D eigenvalue weighted by atomic mass is 16.3. The summed E-state index contributed by atoms with van der Waals surface area (Å²) in [5, 5.41) is 53.0. The molecule has 5 aromatic carbocycles. The molecule has 0 atom stereocenters. The van der Waals surface area contributed by atoms with Crippen LogP contribution in [-0.4, -0.2) is 25.5 Å². The fraction of sp³-hybridized carbons (Fsp3) is 0.143. The highest BCUT2D eigenvalue weighted by molar-refractivity contribution is 5.73. The summed E-state index contributed by atoms with van der Waals surface area (Å²) < 4.78 is 0. The number of benzene rings is 5. The Morgan fingerprint density at radius 3 is 1.23 bits per heavy atom. The lowest BCUT2D eigenvalue weighted by atomic mass is 9.80. The van der Waals surface area contributed by atoms with Crippen LogP contribution in [0.1, 0.15) is 44.9 Å². The van der Waals surface area contributed by atoms with Gasteiger partial charge in [0.05, 0.1) is 0 Å². The number of aryl methyl sites for hydroxylation is 4. The van der Waals surface area contributed by atoms with Gasteiger partial charge in [0.1, 0.15) is 28.7 Å². The fourth-order valence-electron chi connectivity index (χ4n) is 5.25. The van der Waals surface area contributed by atoms with Crippen LogP contribution in [0, 0.1) is 27.7 Å². The first-order valence-corrected chi connectivity index (χ1v) is 13.1. The predicted octanol–water partition coefficient (Wildman–Crippen LogP) is 7.96. The number of phenolic OH excluding ortho intramolecular Hbond substituents is 5. The van der Waals surface area contributed by atoms with Gasteiger partial charge in [-0.1, -0.05) is 24.3 Å². The van der Waals surface area contributed by atoms with Crippen molar-refractivity contribution >= 4 is 0 Å². The van der Waals surface area contributed by atoms with Gasteiger partial charge in [0, 0.05) is 17.0 Å². The summed E-state index contributed by atoms with van der Waals surface area (Å²) in [4.78, 5) is 0. The summed E-state index contributed by atoms with van der Waals surface area (Å²) in [7, 11) is 0. The number of hydrogen-bond acceptors (Lipinski definition) is 5. The van der Waals surface area contributed by atoms with Crippen LogP contribution in [0.25, 0.3) is 22.3 Å². The van der Waals surface area contributed by atoms with Crippen LogP contribution >= 0.6 is 0 Å². The maximum atomic E-state index is 11.4. The van der Waals surface area contributed by atoms with E-state index in [4.69, 9.17) is 0 Å². The van der Waals surface area contributed by atoms with Crippen LogP contribution in [0.4, 0.5) is 0 Å².